The lowest BCUT2D eigenvalue weighted by Crippen LogP contribution is -2.55. The Labute approximate surface area is 158 Å². The standard InChI is InChI=1S/C20H27N5O2/c21-20(18-19(27)25-8-7-24-18)10-15(11-23-12-20)16-9-14(1-2-17(16)26)13-3-5-22-6-4-13/h1-2,7-9,13,15,22-23,26H,3-6,10-12,21H2,(H,25,27). The fraction of sp³-hybridized carbons (Fsp3) is 0.500. The smallest absolute Gasteiger partial charge is 0.271 e. The van der Waals surface area contributed by atoms with Crippen molar-refractivity contribution in [1.82, 2.24) is 20.6 Å². The summed E-state index contributed by atoms with van der Waals surface area (Å²) in [6, 6.07) is 5.96. The van der Waals surface area contributed by atoms with E-state index in [9.17, 15) is 9.90 Å². The summed E-state index contributed by atoms with van der Waals surface area (Å²) in [6.45, 7) is 3.26. The minimum atomic E-state index is -0.866. The summed E-state index contributed by atoms with van der Waals surface area (Å²) in [5, 5.41) is 17.2. The molecule has 27 heavy (non-hydrogen) atoms. The highest BCUT2D eigenvalue weighted by atomic mass is 16.3. The Bertz CT molecular complexity index is 861. The molecule has 1 aromatic carbocycles. The molecule has 7 heteroatoms. The number of phenols is 1. The van der Waals surface area contributed by atoms with Crippen LogP contribution in [0.2, 0.25) is 0 Å². The Kier molecular flexibility index (Phi) is 4.99. The number of aromatic amines is 1. The summed E-state index contributed by atoms with van der Waals surface area (Å²) >= 11 is 0. The number of aromatic nitrogens is 2. The fourth-order valence-electron chi connectivity index (χ4n) is 4.47. The third kappa shape index (κ3) is 3.63. The van der Waals surface area contributed by atoms with E-state index < -0.39 is 5.54 Å². The van der Waals surface area contributed by atoms with E-state index >= 15 is 0 Å². The second-order valence-corrected chi connectivity index (χ2v) is 7.80. The maximum Gasteiger partial charge on any atom is 0.271 e. The maximum atomic E-state index is 12.2. The van der Waals surface area contributed by atoms with Crippen LogP contribution < -0.4 is 21.9 Å². The number of hydrogen-bond acceptors (Lipinski definition) is 6. The van der Waals surface area contributed by atoms with Crippen LogP contribution >= 0.6 is 0 Å². The zero-order valence-electron chi connectivity index (χ0n) is 15.4. The van der Waals surface area contributed by atoms with Gasteiger partial charge >= 0.3 is 0 Å². The van der Waals surface area contributed by atoms with Gasteiger partial charge in [0.25, 0.3) is 5.56 Å². The average molecular weight is 369 g/mol. The van der Waals surface area contributed by atoms with E-state index in [-0.39, 0.29) is 11.5 Å². The topological polar surface area (TPSA) is 116 Å². The van der Waals surface area contributed by atoms with Crippen molar-refractivity contribution in [3.05, 3.63) is 57.8 Å². The molecule has 2 fully saturated rings. The lowest BCUT2D eigenvalue weighted by molar-refractivity contribution is 0.279. The van der Waals surface area contributed by atoms with Crippen LogP contribution in [0.3, 0.4) is 0 Å². The summed E-state index contributed by atoms with van der Waals surface area (Å²) in [7, 11) is 0. The van der Waals surface area contributed by atoms with Crippen LogP contribution in [-0.4, -0.2) is 41.3 Å². The number of nitrogens with one attached hydrogen (secondary N) is 3. The molecule has 0 saturated carbocycles. The van der Waals surface area contributed by atoms with Crippen LogP contribution in [0.15, 0.2) is 35.4 Å². The van der Waals surface area contributed by atoms with Crippen molar-refractivity contribution in [2.75, 3.05) is 26.2 Å². The summed E-state index contributed by atoms with van der Waals surface area (Å²) < 4.78 is 0. The first kappa shape index (κ1) is 18.2. The Balaban J connectivity index is 1.63. The largest absolute Gasteiger partial charge is 0.508 e. The van der Waals surface area contributed by atoms with E-state index in [1.807, 2.05) is 6.07 Å². The van der Waals surface area contributed by atoms with Gasteiger partial charge in [-0.1, -0.05) is 12.1 Å². The molecule has 144 valence electrons. The first-order valence-electron chi connectivity index (χ1n) is 9.64. The van der Waals surface area contributed by atoms with Gasteiger partial charge in [-0.05, 0) is 55.5 Å². The molecule has 1 aromatic heterocycles. The van der Waals surface area contributed by atoms with Crippen LogP contribution in [0.4, 0.5) is 0 Å². The number of hydrogen-bond donors (Lipinski definition) is 5. The highest BCUT2D eigenvalue weighted by Crippen LogP contribution is 2.38. The molecular formula is C20H27N5O2. The summed E-state index contributed by atoms with van der Waals surface area (Å²) in [4.78, 5) is 19.1. The monoisotopic (exact) mass is 369 g/mol. The van der Waals surface area contributed by atoms with Crippen molar-refractivity contribution < 1.29 is 5.11 Å². The second kappa shape index (κ2) is 7.42. The first-order chi connectivity index (χ1) is 13.1. The molecule has 0 radical (unpaired) electrons. The number of nitrogens with two attached hydrogens (primary N) is 1. The van der Waals surface area contributed by atoms with E-state index in [4.69, 9.17) is 5.73 Å². The molecule has 0 amide bonds. The Morgan fingerprint density at radius 1 is 1.19 bits per heavy atom. The van der Waals surface area contributed by atoms with Gasteiger partial charge in [0.05, 0.1) is 5.54 Å². The van der Waals surface area contributed by atoms with Crippen LogP contribution in [0, 0.1) is 0 Å². The molecule has 2 aromatic rings. The van der Waals surface area contributed by atoms with Crippen molar-refractivity contribution in [1.29, 1.82) is 0 Å². The molecule has 4 rings (SSSR count). The number of piperidine rings is 2. The van der Waals surface area contributed by atoms with Gasteiger partial charge in [0.15, 0.2) is 0 Å². The third-order valence-electron chi connectivity index (χ3n) is 5.92. The zero-order valence-corrected chi connectivity index (χ0v) is 15.4. The van der Waals surface area contributed by atoms with E-state index in [1.54, 1.807) is 12.3 Å². The minimum Gasteiger partial charge on any atom is -0.508 e. The quantitative estimate of drug-likeness (QED) is 0.548. The summed E-state index contributed by atoms with van der Waals surface area (Å²) in [6.07, 6.45) is 5.85. The molecule has 2 unspecified atom stereocenters. The summed E-state index contributed by atoms with van der Waals surface area (Å²) in [5.41, 5.74) is 8.00. The Morgan fingerprint density at radius 2 is 2.00 bits per heavy atom. The molecule has 3 heterocycles. The van der Waals surface area contributed by atoms with Crippen molar-refractivity contribution >= 4 is 0 Å². The van der Waals surface area contributed by atoms with Crippen LogP contribution in [0.1, 0.15) is 47.9 Å². The van der Waals surface area contributed by atoms with E-state index in [1.165, 1.54) is 11.8 Å². The molecule has 2 aliphatic rings. The Hall–Kier alpha value is -2.22. The van der Waals surface area contributed by atoms with Crippen LogP contribution in [0.5, 0.6) is 5.75 Å². The Morgan fingerprint density at radius 3 is 2.78 bits per heavy atom. The molecule has 0 bridgehead atoms. The van der Waals surface area contributed by atoms with Crippen molar-refractivity contribution in [2.24, 2.45) is 5.73 Å². The SMILES string of the molecule is NC1(c2ncc[nH]c2=O)CNCC(c2cc(C3CCNCC3)ccc2O)C1. The molecule has 0 spiro atoms. The van der Waals surface area contributed by atoms with Gasteiger partial charge in [-0.15, -0.1) is 0 Å². The number of H-pyrrole nitrogens is 1. The third-order valence-corrected chi connectivity index (χ3v) is 5.92. The number of benzene rings is 1. The van der Waals surface area contributed by atoms with Crippen LogP contribution in [-0.2, 0) is 5.54 Å². The molecule has 2 aliphatic heterocycles. The fourth-order valence-corrected chi connectivity index (χ4v) is 4.47. The van der Waals surface area contributed by atoms with Gasteiger partial charge in [-0.2, -0.15) is 0 Å². The van der Waals surface area contributed by atoms with E-state index in [0.29, 0.717) is 36.9 Å². The molecule has 2 atom stereocenters. The number of aromatic hydroxyl groups is 1. The minimum absolute atomic E-state index is 0.0202. The van der Waals surface area contributed by atoms with Crippen LogP contribution in [0.25, 0.3) is 0 Å². The van der Waals surface area contributed by atoms with Gasteiger partial charge in [0.1, 0.15) is 11.4 Å². The molecule has 2 saturated heterocycles. The average Bonchev–Trinajstić information content (AvgIpc) is 2.69. The van der Waals surface area contributed by atoms with Gasteiger partial charge in [0, 0.05) is 31.4 Å². The highest BCUT2D eigenvalue weighted by molar-refractivity contribution is 5.41. The van der Waals surface area contributed by atoms with E-state index in [2.05, 4.69) is 26.7 Å². The maximum absolute atomic E-state index is 12.2. The van der Waals surface area contributed by atoms with Gasteiger partial charge in [-0.25, -0.2) is 0 Å². The van der Waals surface area contributed by atoms with Gasteiger partial charge in [-0.3, -0.25) is 9.78 Å². The normalized spacial score (nSPS) is 26.8. The van der Waals surface area contributed by atoms with Crippen molar-refractivity contribution in [2.45, 2.75) is 36.6 Å². The summed E-state index contributed by atoms with van der Waals surface area (Å²) in [5.74, 6) is 0.828. The predicted octanol–water partition coefficient (Wildman–Crippen LogP) is 0.874. The highest BCUT2D eigenvalue weighted by Gasteiger charge is 2.38. The number of rotatable bonds is 3. The van der Waals surface area contributed by atoms with Crippen molar-refractivity contribution in [3.8, 4) is 5.75 Å². The lowest BCUT2D eigenvalue weighted by Gasteiger charge is -2.38. The molecule has 7 nitrogen and oxygen atoms in total. The van der Waals surface area contributed by atoms with Crippen molar-refractivity contribution in [3.63, 3.8) is 0 Å². The predicted molar refractivity (Wildman–Crippen MR) is 104 cm³/mol. The van der Waals surface area contributed by atoms with Gasteiger partial charge < -0.3 is 26.5 Å². The molecular weight excluding hydrogens is 342 g/mol. The number of phenolic OH excluding ortho intramolecular Hbond substituents is 1. The molecule has 0 aliphatic carbocycles. The first-order valence-corrected chi connectivity index (χ1v) is 9.64. The molecule has 6 N–H and O–H groups in total. The van der Waals surface area contributed by atoms with Gasteiger partial charge in [0.2, 0.25) is 0 Å². The lowest BCUT2D eigenvalue weighted by atomic mass is 9.77. The second-order valence-electron chi connectivity index (χ2n) is 7.80. The zero-order chi connectivity index (χ0) is 18.9. The van der Waals surface area contributed by atoms with E-state index in [0.717, 1.165) is 31.5 Å². The number of nitrogens with zero attached hydrogens (tertiary/aromatic N) is 1.